The van der Waals surface area contributed by atoms with Crippen molar-refractivity contribution >= 4 is 67.0 Å². The van der Waals surface area contributed by atoms with E-state index in [4.69, 9.17) is 27.9 Å². The number of methoxy groups -OCH3 is 1. The molecule has 0 unspecified atom stereocenters. The summed E-state index contributed by atoms with van der Waals surface area (Å²) in [7, 11) is -2.61. The second kappa shape index (κ2) is 11.2. The molecule has 0 radical (unpaired) electrons. The topological polar surface area (TPSA) is 88.1 Å². The Bertz CT molecular complexity index is 1330. The maximum atomic E-state index is 13.5. The zero-order chi connectivity index (χ0) is 24.9. The van der Waals surface area contributed by atoms with Gasteiger partial charge in [-0.05, 0) is 70.9 Å². The average Bonchev–Trinajstić information content (AvgIpc) is 2.80. The molecule has 0 bridgehead atoms. The lowest BCUT2D eigenvalue weighted by Gasteiger charge is -2.24. The molecule has 11 heteroatoms. The van der Waals surface area contributed by atoms with Crippen molar-refractivity contribution in [3.8, 4) is 5.75 Å². The van der Waals surface area contributed by atoms with Crippen molar-refractivity contribution < 1.29 is 17.9 Å². The number of sulfonamides is 1. The third-order valence-electron chi connectivity index (χ3n) is 4.67. The average molecular weight is 585 g/mol. The second-order valence-corrected chi connectivity index (χ2v) is 10.6. The van der Waals surface area contributed by atoms with Crippen LogP contribution in [-0.2, 0) is 14.8 Å². The first kappa shape index (κ1) is 26.0. The molecule has 0 atom stereocenters. The SMILES string of the molecule is COc1ccc(S(=O)(=O)N(CC(=O)N/N=C\c2ccc(Cl)c(Cl)c2)c2ccc(C)cc2)cc1Br. The predicted octanol–water partition coefficient (Wildman–Crippen LogP) is 5.42. The molecule has 0 saturated carbocycles. The van der Waals surface area contributed by atoms with E-state index in [1.54, 1.807) is 42.5 Å². The number of halogens is 3. The first-order chi connectivity index (χ1) is 16.1. The largest absolute Gasteiger partial charge is 0.496 e. The summed E-state index contributed by atoms with van der Waals surface area (Å²) < 4.78 is 33.6. The van der Waals surface area contributed by atoms with Crippen LogP contribution in [0.25, 0.3) is 0 Å². The lowest BCUT2D eigenvalue weighted by atomic mass is 10.2. The van der Waals surface area contributed by atoms with E-state index in [2.05, 4.69) is 26.5 Å². The van der Waals surface area contributed by atoms with Gasteiger partial charge in [-0.25, -0.2) is 13.8 Å². The van der Waals surface area contributed by atoms with E-state index in [1.165, 1.54) is 31.5 Å². The molecule has 1 N–H and O–H groups in total. The molecular weight excluding hydrogens is 565 g/mol. The van der Waals surface area contributed by atoms with E-state index in [0.29, 0.717) is 31.5 Å². The Kier molecular flexibility index (Phi) is 8.59. The van der Waals surface area contributed by atoms with Gasteiger partial charge in [-0.1, -0.05) is 47.0 Å². The smallest absolute Gasteiger partial charge is 0.264 e. The predicted molar refractivity (Wildman–Crippen MR) is 139 cm³/mol. The van der Waals surface area contributed by atoms with Crippen molar-refractivity contribution in [2.75, 3.05) is 18.0 Å². The van der Waals surface area contributed by atoms with Gasteiger partial charge in [0.05, 0.1) is 38.4 Å². The van der Waals surface area contributed by atoms with Crippen LogP contribution in [0.15, 0.2) is 75.1 Å². The summed E-state index contributed by atoms with van der Waals surface area (Å²) >= 11 is 15.2. The van der Waals surface area contributed by atoms with Crippen molar-refractivity contribution in [2.24, 2.45) is 5.10 Å². The number of rotatable bonds is 8. The number of hydrogen-bond acceptors (Lipinski definition) is 5. The first-order valence-electron chi connectivity index (χ1n) is 9.81. The summed E-state index contributed by atoms with van der Waals surface area (Å²) in [4.78, 5) is 12.6. The molecule has 3 aromatic rings. The van der Waals surface area contributed by atoms with Gasteiger partial charge in [0.25, 0.3) is 15.9 Å². The summed E-state index contributed by atoms with van der Waals surface area (Å²) in [5.74, 6) is -0.150. The Labute approximate surface area is 216 Å². The highest BCUT2D eigenvalue weighted by Gasteiger charge is 2.28. The molecule has 7 nitrogen and oxygen atoms in total. The molecule has 0 heterocycles. The van der Waals surface area contributed by atoms with Crippen molar-refractivity contribution in [2.45, 2.75) is 11.8 Å². The fraction of sp³-hybridized carbons (Fsp3) is 0.130. The Balaban J connectivity index is 1.86. The summed E-state index contributed by atoms with van der Waals surface area (Å²) in [5.41, 5.74) is 4.24. The van der Waals surface area contributed by atoms with Crippen molar-refractivity contribution in [3.63, 3.8) is 0 Å². The molecule has 0 aliphatic rings. The lowest BCUT2D eigenvalue weighted by molar-refractivity contribution is -0.119. The number of hydrazone groups is 1. The number of aryl methyl sites for hydroxylation is 1. The van der Waals surface area contributed by atoms with Crippen molar-refractivity contribution in [1.82, 2.24) is 5.43 Å². The number of nitrogens with zero attached hydrogens (tertiary/aromatic N) is 2. The summed E-state index contributed by atoms with van der Waals surface area (Å²) in [6.45, 7) is 1.39. The van der Waals surface area contributed by atoms with Crippen molar-refractivity contribution in [1.29, 1.82) is 0 Å². The molecule has 3 rings (SSSR count). The molecule has 0 fully saturated rings. The van der Waals surface area contributed by atoms with Gasteiger partial charge in [0.15, 0.2) is 0 Å². The molecule has 0 aliphatic carbocycles. The minimum atomic E-state index is -4.09. The number of ether oxygens (including phenoxy) is 1. The second-order valence-electron chi connectivity index (χ2n) is 7.11. The highest BCUT2D eigenvalue weighted by Crippen LogP contribution is 2.30. The number of amides is 1. The molecule has 0 aliphatic heterocycles. The molecular formula is C23H20BrCl2N3O4S. The first-order valence-corrected chi connectivity index (χ1v) is 12.8. The van der Waals surface area contributed by atoms with Gasteiger partial charge >= 0.3 is 0 Å². The Morgan fingerprint density at radius 3 is 2.41 bits per heavy atom. The van der Waals surface area contributed by atoms with E-state index < -0.39 is 22.5 Å². The van der Waals surface area contributed by atoms with Crippen LogP contribution in [0.4, 0.5) is 5.69 Å². The fourth-order valence-electron chi connectivity index (χ4n) is 2.90. The van der Waals surface area contributed by atoms with Crippen LogP contribution in [0, 0.1) is 6.92 Å². The summed E-state index contributed by atoms with van der Waals surface area (Å²) in [6.07, 6.45) is 1.38. The number of nitrogens with one attached hydrogen (secondary N) is 1. The lowest BCUT2D eigenvalue weighted by Crippen LogP contribution is -2.39. The minimum absolute atomic E-state index is 0.00661. The maximum absolute atomic E-state index is 13.5. The van der Waals surface area contributed by atoms with Crippen LogP contribution in [0.3, 0.4) is 0 Å². The molecule has 1 amide bonds. The van der Waals surface area contributed by atoms with E-state index in [0.717, 1.165) is 9.87 Å². The van der Waals surface area contributed by atoms with Gasteiger partial charge in [0.2, 0.25) is 0 Å². The Morgan fingerprint density at radius 1 is 1.09 bits per heavy atom. The summed E-state index contributed by atoms with van der Waals surface area (Å²) in [5, 5.41) is 4.63. The number of anilines is 1. The highest BCUT2D eigenvalue weighted by molar-refractivity contribution is 9.10. The minimum Gasteiger partial charge on any atom is -0.496 e. The van der Waals surface area contributed by atoms with Crippen LogP contribution in [0.5, 0.6) is 5.75 Å². The third kappa shape index (κ3) is 6.29. The highest BCUT2D eigenvalue weighted by atomic mass is 79.9. The Hall–Kier alpha value is -2.59. The number of benzene rings is 3. The van der Waals surface area contributed by atoms with Crippen LogP contribution in [-0.4, -0.2) is 34.2 Å². The van der Waals surface area contributed by atoms with Gasteiger partial charge in [0.1, 0.15) is 12.3 Å². The van der Waals surface area contributed by atoms with Crippen LogP contribution in [0.1, 0.15) is 11.1 Å². The number of hydrogen-bond donors (Lipinski definition) is 1. The van der Waals surface area contributed by atoms with E-state index in [9.17, 15) is 13.2 Å². The molecule has 178 valence electrons. The molecule has 0 spiro atoms. The molecule has 3 aromatic carbocycles. The zero-order valence-corrected chi connectivity index (χ0v) is 22.0. The number of carbonyl (C=O) groups excluding carboxylic acids is 1. The number of carbonyl (C=O) groups is 1. The molecule has 0 saturated heterocycles. The van der Waals surface area contributed by atoms with E-state index >= 15 is 0 Å². The molecule has 0 aromatic heterocycles. The van der Waals surface area contributed by atoms with Crippen LogP contribution >= 0.6 is 39.1 Å². The summed E-state index contributed by atoms with van der Waals surface area (Å²) in [6, 6.07) is 16.0. The molecule has 34 heavy (non-hydrogen) atoms. The normalized spacial score (nSPS) is 11.4. The van der Waals surface area contributed by atoms with Crippen LogP contribution < -0.4 is 14.5 Å². The van der Waals surface area contributed by atoms with Crippen molar-refractivity contribution in [3.05, 3.63) is 86.3 Å². The van der Waals surface area contributed by atoms with E-state index in [-0.39, 0.29) is 4.90 Å². The van der Waals surface area contributed by atoms with Crippen LogP contribution in [0.2, 0.25) is 10.0 Å². The van der Waals surface area contributed by atoms with E-state index in [1.807, 2.05) is 6.92 Å². The third-order valence-corrected chi connectivity index (χ3v) is 7.80. The van der Waals surface area contributed by atoms with Gasteiger partial charge in [-0.3, -0.25) is 9.10 Å². The van der Waals surface area contributed by atoms with Gasteiger partial charge in [-0.2, -0.15) is 5.10 Å². The van der Waals surface area contributed by atoms with Gasteiger partial charge in [-0.15, -0.1) is 0 Å². The monoisotopic (exact) mass is 583 g/mol. The zero-order valence-electron chi connectivity index (χ0n) is 18.1. The fourth-order valence-corrected chi connectivity index (χ4v) is 5.34. The van der Waals surface area contributed by atoms with Gasteiger partial charge < -0.3 is 4.74 Å². The maximum Gasteiger partial charge on any atom is 0.264 e. The van der Waals surface area contributed by atoms with Gasteiger partial charge in [0, 0.05) is 0 Å². The quantitative estimate of drug-likeness (QED) is 0.283. The Morgan fingerprint density at radius 2 is 1.79 bits per heavy atom. The standard InChI is InChI=1S/C23H20BrCl2N3O4S/c1-15-3-6-17(7-4-15)29(34(31,32)18-8-10-22(33-2)19(24)12-18)14-23(30)28-27-13-16-5-9-20(25)21(26)11-16/h3-13H,14H2,1-2H3,(H,28,30)/b27-13-.